The zero-order chi connectivity index (χ0) is 16.3. The lowest BCUT2D eigenvalue weighted by atomic mass is 10.1. The van der Waals surface area contributed by atoms with E-state index in [1.54, 1.807) is 37.3 Å². The molecule has 2 rings (SSSR count). The molecule has 0 aliphatic carbocycles. The number of nitrogens with two attached hydrogens (primary N) is 1. The first-order valence-electron chi connectivity index (χ1n) is 6.30. The Morgan fingerprint density at radius 3 is 2.50 bits per heavy atom. The van der Waals surface area contributed by atoms with Crippen LogP contribution in [0, 0.1) is 6.92 Å². The molecule has 22 heavy (non-hydrogen) atoms. The smallest absolute Gasteiger partial charge is 0.243 e. The van der Waals surface area contributed by atoms with E-state index in [0.29, 0.717) is 11.1 Å². The van der Waals surface area contributed by atoms with Crippen LogP contribution < -0.4 is 10.5 Å². The number of amides is 1. The molecule has 1 heterocycles. The van der Waals surface area contributed by atoms with Gasteiger partial charge in [0.05, 0.1) is 0 Å². The van der Waals surface area contributed by atoms with Gasteiger partial charge in [-0.3, -0.25) is 4.79 Å². The van der Waals surface area contributed by atoms with Crippen molar-refractivity contribution in [3.05, 3.63) is 58.9 Å². The van der Waals surface area contributed by atoms with E-state index in [1.165, 1.54) is 6.07 Å². The fourth-order valence-electron chi connectivity index (χ4n) is 1.84. The van der Waals surface area contributed by atoms with Crippen molar-refractivity contribution in [2.75, 3.05) is 0 Å². The molecule has 1 atom stereocenters. The highest BCUT2D eigenvalue weighted by atomic mass is 35.5. The summed E-state index contributed by atoms with van der Waals surface area (Å²) in [7, 11) is -3.96. The standard InChI is InChI=1S/C14H14ClN3O3S/c1-9-7-11(8-17-13(9)15)22(20,21)18-12(14(16)19)10-5-3-2-4-6-10/h2-8,12,18H,1H3,(H2,16,19). The van der Waals surface area contributed by atoms with Gasteiger partial charge >= 0.3 is 0 Å². The molecule has 0 spiro atoms. The molecule has 0 saturated heterocycles. The summed E-state index contributed by atoms with van der Waals surface area (Å²) in [5, 5.41) is 0.216. The maximum atomic E-state index is 12.4. The van der Waals surface area contributed by atoms with E-state index in [4.69, 9.17) is 17.3 Å². The predicted molar refractivity (Wildman–Crippen MR) is 82.7 cm³/mol. The van der Waals surface area contributed by atoms with Gasteiger partial charge < -0.3 is 5.73 Å². The van der Waals surface area contributed by atoms with Crippen LogP contribution in [0.2, 0.25) is 5.15 Å². The first-order chi connectivity index (χ1) is 10.3. The number of carbonyl (C=O) groups excluding carboxylic acids is 1. The first-order valence-corrected chi connectivity index (χ1v) is 8.16. The van der Waals surface area contributed by atoms with E-state index in [2.05, 4.69) is 9.71 Å². The molecule has 0 fully saturated rings. The monoisotopic (exact) mass is 339 g/mol. The van der Waals surface area contributed by atoms with Crippen molar-refractivity contribution in [3.8, 4) is 0 Å². The number of rotatable bonds is 5. The van der Waals surface area contributed by atoms with Gasteiger partial charge in [-0.05, 0) is 24.1 Å². The average Bonchev–Trinajstić information content (AvgIpc) is 2.48. The summed E-state index contributed by atoms with van der Waals surface area (Å²) in [6.45, 7) is 1.64. The molecule has 6 nitrogen and oxygen atoms in total. The number of carbonyl (C=O) groups is 1. The van der Waals surface area contributed by atoms with Crippen LogP contribution in [0.4, 0.5) is 0 Å². The second-order valence-corrected chi connectivity index (χ2v) is 6.72. The third kappa shape index (κ3) is 3.62. The molecule has 8 heteroatoms. The van der Waals surface area contributed by atoms with Crippen LogP contribution in [-0.4, -0.2) is 19.3 Å². The number of hydrogen-bond donors (Lipinski definition) is 2. The maximum Gasteiger partial charge on any atom is 0.243 e. The highest BCUT2D eigenvalue weighted by Gasteiger charge is 2.26. The Labute approximate surface area is 133 Å². The van der Waals surface area contributed by atoms with Crippen molar-refractivity contribution >= 4 is 27.5 Å². The molecule has 1 unspecified atom stereocenters. The minimum absolute atomic E-state index is 0.0865. The number of hydrogen-bond acceptors (Lipinski definition) is 4. The van der Waals surface area contributed by atoms with Crippen LogP contribution in [0.1, 0.15) is 17.2 Å². The van der Waals surface area contributed by atoms with Crippen molar-refractivity contribution in [1.82, 2.24) is 9.71 Å². The quantitative estimate of drug-likeness (QED) is 0.807. The number of primary amides is 1. The maximum absolute atomic E-state index is 12.4. The average molecular weight is 340 g/mol. The van der Waals surface area contributed by atoms with E-state index in [-0.39, 0.29) is 10.0 Å². The van der Waals surface area contributed by atoms with Crippen molar-refractivity contribution in [2.24, 2.45) is 5.73 Å². The lowest BCUT2D eigenvalue weighted by molar-refractivity contribution is -0.119. The van der Waals surface area contributed by atoms with Gasteiger partial charge in [0.25, 0.3) is 0 Å². The van der Waals surface area contributed by atoms with Crippen LogP contribution in [0.25, 0.3) is 0 Å². The van der Waals surface area contributed by atoms with Crippen LogP contribution in [0.5, 0.6) is 0 Å². The number of nitrogens with one attached hydrogen (secondary N) is 1. The summed E-state index contributed by atoms with van der Waals surface area (Å²) in [5.74, 6) is -0.798. The summed E-state index contributed by atoms with van der Waals surface area (Å²) in [6, 6.07) is 8.57. The number of aryl methyl sites for hydroxylation is 1. The normalized spacial score (nSPS) is 12.8. The van der Waals surface area contributed by atoms with Gasteiger partial charge in [-0.2, -0.15) is 4.72 Å². The highest BCUT2D eigenvalue weighted by Crippen LogP contribution is 2.19. The number of pyridine rings is 1. The number of halogens is 1. The van der Waals surface area contributed by atoms with E-state index in [0.717, 1.165) is 6.20 Å². The number of aromatic nitrogens is 1. The van der Waals surface area contributed by atoms with Gasteiger partial charge in [-0.25, -0.2) is 13.4 Å². The molecular weight excluding hydrogens is 326 g/mol. The van der Waals surface area contributed by atoms with Gasteiger partial charge in [0, 0.05) is 6.20 Å². The second-order valence-electron chi connectivity index (χ2n) is 4.65. The Hall–Kier alpha value is -1.96. The van der Waals surface area contributed by atoms with E-state index < -0.39 is 22.0 Å². The minimum Gasteiger partial charge on any atom is -0.368 e. The molecule has 0 bridgehead atoms. The summed E-state index contributed by atoms with van der Waals surface area (Å²) in [4.78, 5) is 15.3. The number of nitrogens with zero attached hydrogens (tertiary/aromatic N) is 1. The molecule has 1 amide bonds. The summed E-state index contributed by atoms with van der Waals surface area (Å²) in [5.41, 5.74) is 6.27. The molecule has 1 aromatic carbocycles. The fraction of sp³-hybridized carbons (Fsp3) is 0.143. The lowest BCUT2D eigenvalue weighted by Gasteiger charge is -2.16. The SMILES string of the molecule is Cc1cc(S(=O)(=O)NC(C(N)=O)c2ccccc2)cnc1Cl. The van der Waals surface area contributed by atoms with Gasteiger partial charge in [0.1, 0.15) is 16.1 Å². The van der Waals surface area contributed by atoms with Crippen molar-refractivity contribution in [2.45, 2.75) is 17.9 Å². The number of benzene rings is 1. The van der Waals surface area contributed by atoms with Crippen LogP contribution >= 0.6 is 11.6 Å². The van der Waals surface area contributed by atoms with Gasteiger partial charge in [0.15, 0.2) is 0 Å². The van der Waals surface area contributed by atoms with Gasteiger partial charge in [-0.15, -0.1) is 0 Å². The second kappa shape index (κ2) is 6.43. The summed E-state index contributed by atoms with van der Waals surface area (Å²) >= 11 is 5.78. The largest absolute Gasteiger partial charge is 0.368 e. The molecule has 0 aliphatic heterocycles. The van der Waals surface area contributed by atoms with Crippen molar-refractivity contribution in [3.63, 3.8) is 0 Å². The Morgan fingerprint density at radius 2 is 1.95 bits per heavy atom. The molecule has 2 aromatic rings. The summed E-state index contributed by atoms with van der Waals surface area (Å²) < 4.78 is 27.1. The topological polar surface area (TPSA) is 102 Å². The van der Waals surface area contributed by atoms with Gasteiger partial charge in [-0.1, -0.05) is 41.9 Å². The van der Waals surface area contributed by atoms with Crippen LogP contribution in [-0.2, 0) is 14.8 Å². The Balaban J connectivity index is 2.36. The third-order valence-electron chi connectivity index (χ3n) is 2.99. The first kappa shape index (κ1) is 16.4. The molecule has 0 saturated carbocycles. The van der Waals surface area contributed by atoms with Crippen LogP contribution in [0.3, 0.4) is 0 Å². The third-order valence-corrected chi connectivity index (χ3v) is 4.78. The molecule has 0 radical (unpaired) electrons. The molecule has 3 N–H and O–H groups in total. The molecular formula is C14H14ClN3O3S. The van der Waals surface area contributed by atoms with Gasteiger partial charge in [0.2, 0.25) is 15.9 Å². The van der Waals surface area contributed by atoms with E-state index in [1.807, 2.05) is 0 Å². The Bertz CT molecular complexity index is 794. The zero-order valence-corrected chi connectivity index (χ0v) is 13.2. The minimum atomic E-state index is -3.96. The highest BCUT2D eigenvalue weighted by molar-refractivity contribution is 7.89. The van der Waals surface area contributed by atoms with Crippen molar-refractivity contribution in [1.29, 1.82) is 0 Å². The van der Waals surface area contributed by atoms with Crippen LogP contribution in [0.15, 0.2) is 47.5 Å². The molecule has 116 valence electrons. The zero-order valence-electron chi connectivity index (χ0n) is 11.7. The van der Waals surface area contributed by atoms with Crippen molar-refractivity contribution < 1.29 is 13.2 Å². The summed E-state index contributed by atoms with van der Waals surface area (Å²) in [6.07, 6.45) is 1.13. The predicted octanol–water partition coefficient (Wildman–Crippen LogP) is 1.55. The van der Waals surface area contributed by atoms with E-state index in [9.17, 15) is 13.2 Å². The Kier molecular flexibility index (Phi) is 4.80. The fourth-order valence-corrected chi connectivity index (χ4v) is 3.16. The molecule has 0 aliphatic rings. The number of sulfonamides is 1. The molecule has 1 aromatic heterocycles. The lowest BCUT2D eigenvalue weighted by Crippen LogP contribution is -2.37. The van der Waals surface area contributed by atoms with E-state index >= 15 is 0 Å². The Morgan fingerprint density at radius 1 is 1.32 bits per heavy atom.